The maximum Gasteiger partial charge on any atom is 0.282 e. The Hall–Kier alpha value is -3.87. The Morgan fingerprint density at radius 2 is 1.86 bits per heavy atom. The maximum absolute atomic E-state index is 13.0. The van der Waals surface area contributed by atoms with Gasteiger partial charge < -0.3 is 13.9 Å². The number of rotatable bonds is 5. The summed E-state index contributed by atoms with van der Waals surface area (Å²) in [4.78, 5) is 17.6. The quantitative estimate of drug-likeness (QED) is 0.499. The molecule has 2 aromatic heterocycles. The largest absolute Gasteiger partial charge is 0.493 e. The van der Waals surface area contributed by atoms with Crippen molar-refractivity contribution in [2.45, 2.75) is 0 Å². The number of ether oxygens (including phenoxy) is 2. The summed E-state index contributed by atoms with van der Waals surface area (Å²) in [5.41, 5.74) is 1.04. The second-order valence-electron chi connectivity index (χ2n) is 5.91. The van der Waals surface area contributed by atoms with Crippen molar-refractivity contribution in [3.63, 3.8) is 0 Å². The van der Waals surface area contributed by atoms with Crippen LogP contribution in [0.1, 0.15) is 5.56 Å². The van der Waals surface area contributed by atoms with Crippen molar-refractivity contribution in [1.29, 1.82) is 0 Å². The molecule has 28 heavy (non-hydrogen) atoms. The Kier molecular flexibility index (Phi) is 4.63. The van der Waals surface area contributed by atoms with E-state index in [1.165, 1.54) is 10.9 Å². The third kappa shape index (κ3) is 3.14. The Bertz CT molecular complexity index is 1210. The van der Waals surface area contributed by atoms with E-state index in [2.05, 4.69) is 10.1 Å². The highest BCUT2D eigenvalue weighted by molar-refractivity contribution is 5.82. The van der Waals surface area contributed by atoms with Gasteiger partial charge in [-0.25, -0.2) is 4.98 Å². The zero-order chi connectivity index (χ0) is 19.5. The topological polar surface area (TPSA) is 78.9 Å². The zero-order valence-corrected chi connectivity index (χ0v) is 15.3. The Morgan fingerprint density at radius 3 is 2.61 bits per heavy atom. The van der Waals surface area contributed by atoms with E-state index in [-0.39, 0.29) is 5.56 Å². The number of fused-ring (bicyclic) bond motifs is 1. The highest BCUT2D eigenvalue weighted by Crippen LogP contribution is 2.27. The van der Waals surface area contributed by atoms with Crippen LogP contribution in [0.15, 0.2) is 75.2 Å². The van der Waals surface area contributed by atoms with Crippen molar-refractivity contribution in [2.75, 3.05) is 14.2 Å². The first-order valence-corrected chi connectivity index (χ1v) is 8.53. The first-order chi connectivity index (χ1) is 13.7. The fraction of sp³-hybridized carbons (Fsp3) is 0.0952. The minimum atomic E-state index is -0.284. The molecule has 0 atom stereocenters. The van der Waals surface area contributed by atoms with Crippen molar-refractivity contribution in [1.82, 2.24) is 9.66 Å². The lowest BCUT2D eigenvalue weighted by Crippen LogP contribution is -2.20. The van der Waals surface area contributed by atoms with Crippen molar-refractivity contribution in [2.24, 2.45) is 5.10 Å². The van der Waals surface area contributed by atoms with E-state index in [1.807, 2.05) is 12.1 Å². The van der Waals surface area contributed by atoms with Crippen LogP contribution in [0.4, 0.5) is 0 Å². The molecule has 4 rings (SSSR count). The molecule has 0 aliphatic carbocycles. The van der Waals surface area contributed by atoms with Gasteiger partial charge in [0, 0.05) is 0 Å². The molecule has 0 N–H and O–H groups in total. The van der Waals surface area contributed by atoms with Gasteiger partial charge in [-0.1, -0.05) is 12.1 Å². The summed E-state index contributed by atoms with van der Waals surface area (Å²) < 4.78 is 17.2. The smallest absolute Gasteiger partial charge is 0.282 e. The average Bonchev–Trinajstić information content (AvgIpc) is 3.27. The van der Waals surface area contributed by atoms with Gasteiger partial charge in [-0.15, -0.1) is 0 Å². The number of benzene rings is 2. The van der Waals surface area contributed by atoms with Crippen LogP contribution in [0.2, 0.25) is 0 Å². The molecule has 2 aromatic carbocycles. The second kappa shape index (κ2) is 7.40. The van der Waals surface area contributed by atoms with Gasteiger partial charge in [-0.2, -0.15) is 9.78 Å². The van der Waals surface area contributed by atoms with Crippen LogP contribution in [0, 0.1) is 0 Å². The van der Waals surface area contributed by atoms with Crippen molar-refractivity contribution in [3.8, 4) is 23.1 Å². The van der Waals surface area contributed by atoms with Gasteiger partial charge in [0.2, 0.25) is 5.82 Å². The Morgan fingerprint density at radius 1 is 1.04 bits per heavy atom. The van der Waals surface area contributed by atoms with Crippen molar-refractivity contribution >= 4 is 17.1 Å². The first-order valence-electron chi connectivity index (χ1n) is 8.53. The molecule has 0 bridgehead atoms. The number of methoxy groups -OCH3 is 2. The van der Waals surface area contributed by atoms with E-state index < -0.39 is 0 Å². The standard InChI is InChI=1S/C21H17N3O4/c1-26-17-10-9-14(12-19(17)27-2)13-22-24-20(18-8-5-11-28-18)23-16-7-4-3-6-15(16)21(24)25/h3-13H,1-2H3/b22-13+. The molecule has 7 nitrogen and oxygen atoms in total. The van der Waals surface area contributed by atoms with E-state index in [9.17, 15) is 4.79 Å². The molecule has 4 aromatic rings. The van der Waals surface area contributed by atoms with Crippen LogP contribution in [-0.4, -0.2) is 30.1 Å². The molecule has 7 heteroatoms. The van der Waals surface area contributed by atoms with Crippen molar-refractivity contribution < 1.29 is 13.9 Å². The van der Waals surface area contributed by atoms with Gasteiger partial charge >= 0.3 is 0 Å². The second-order valence-corrected chi connectivity index (χ2v) is 5.91. The van der Waals surface area contributed by atoms with Crippen LogP contribution in [0.5, 0.6) is 11.5 Å². The van der Waals surface area contributed by atoms with Gasteiger partial charge in [0.1, 0.15) is 0 Å². The lowest BCUT2D eigenvalue weighted by Gasteiger charge is -2.08. The number of para-hydroxylation sites is 1. The predicted molar refractivity (Wildman–Crippen MR) is 106 cm³/mol. The average molecular weight is 375 g/mol. The monoisotopic (exact) mass is 375 g/mol. The summed E-state index contributed by atoms with van der Waals surface area (Å²) in [5.74, 6) is 1.96. The highest BCUT2D eigenvalue weighted by atomic mass is 16.5. The zero-order valence-electron chi connectivity index (χ0n) is 15.3. The molecule has 0 aliphatic rings. The van der Waals surface area contributed by atoms with Gasteiger partial charge in [-0.05, 0) is 48.0 Å². The first kappa shape index (κ1) is 17.5. The molecule has 0 saturated heterocycles. The van der Waals surface area contributed by atoms with Crippen LogP contribution < -0.4 is 15.0 Å². The van der Waals surface area contributed by atoms with Gasteiger partial charge in [0.25, 0.3) is 5.56 Å². The van der Waals surface area contributed by atoms with Gasteiger partial charge in [0.15, 0.2) is 17.3 Å². The van der Waals surface area contributed by atoms with E-state index in [4.69, 9.17) is 13.9 Å². The van der Waals surface area contributed by atoms with E-state index in [0.29, 0.717) is 34.0 Å². The molecule has 0 spiro atoms. The summed E-state index contributed by atoms with van der Waals surface area (Å²) in [6.45, 7) is 0. The van der Waals surface area contributed by atoms with Gasteiger partial charge in [-0.3, -0.25) is 4.79 Å². The molecule has 2 heterocycles. The molecule has 0 saturated carbocycles. The van der Waals surface area contributed by atoms with Crippen molar-refractivity contribution in [3.05, 3.63) is 76.8 Å². The molecule has 140 valence electrons. The third-order valence-corrected chi connectivity index (χ3v) is 4.23. The fourth-order valence-electron chi connectivity index (χ4n) is 2.85. The molecule has 0 aliphatic heterocycles. The highest BCUT2D eigenvalue weighted by Gasteiger charge is 2.14. The SMILES string of the molecule is COc1ccc(/C=N/n2c(-c3ccco3)nc3ccccc3c2=O)cc1OC. The Labute approximate surface area is 160 Å². The van der Waals surface area contributed by atoms with E-state index >= 15 is 0 Å². The summed E-state index contributed by atoms with van der Waals surface area (Å²) >= 11 is 0. The summed E-state index contributed by atoms with van der Waals surface area (Å²) in [6.07, 6.45) is 3.09. The van der Waals surface area contributed by atoms with Crippen LogP contribution in [0.25, 0.3) is 22.5 Å². The van der Waals surface area contributed by atoms with Gasteiger partial charge in [0.05, 0.1) is 37.6 Å². The lowest BCUT2D eigenvalue weighted by molar-refractivity contribution is 0.355. The fourth-order valence-corrected chi connectivity index (χ4v) is 2.85. The summed E-state index contributed by atoms with van der Waals surface area (Å²) in [6, 6.07) is 16.0. The van der Waals surface area contributed by atoms with Crippen LogP contribution in [-0.2, 0) is 0 Å². The number of aromatic nitrogens is 2. The number of nitrogens with zero attached hydrogens (tertiary/aromatic N) is 3. The molecule has 0 unspecified atom stereocenters. The Balaban J connectivity index is 1.86. The molecular formula is C21H17N3O4. The summed E-state index contributed by atoms with van der Waals surface area (Å²) in [5, 5.41) is 4.85. The summed E-state index contributed by atoms with van der Waals surface area (Å²) in [7, 11) is 3.13. The van der Waals surface area contributed by atoms with Crippen LogP contribution >= 0.6 is 0 Å². The molecule has 0 amide bonds. The minimum Gasteiger partial charge on any atom is -0.493 e. The van der Waals surface area contributed by atoms with Crippen LogP contribution in [0.3, 0.4) is 0 Å². The minimum absolute atomic E-state index is 0.284. The van der Waals surface area contributed by atoms with E-state index in [0.717, 1.165) is 5.56 Å². The molecular weight excluding hydrogens is 358 g/mol. The normalized spacial score (nSPS) is 11.2. The number of hydrogen-bond acceptors (Lipinski definition) is 6. The number of furan rings is 1. The lowest BCUT2D eigenvalue weighted by atomic mass is 10.2. The maximum atomic E-state index is 13.0. The van der Waals surface area contributed by atoms with E-state index in [1.54, 1.807) is 62.9 Å². The number of hydrogen-bond donors (Lipinski definition) is 0. The third-order valence-electron chi connectivity index (χ3n) is 4.23. The molecule has 0 radical (unpaired) electrons. The predicted octanol–water partition coefficient (Wildman–Crippen LogP) is 3.56. The molecule has 0 fully saturated rings.